The molecule has 0 radical (unpaired) electrons. The Bertz CT molecular complexity index is 1060. The summed E-state index contributed by atoms with van der Waals surface area (Å²) in [6, 6.07) is 10.7. The molecule has 2 aliphatic rings. The number of nitrogens with zero attached hydrogens (tertiary/aromatic N) is 5. The Balaban J connectivity index is 1.26. The van der Waals surface area contributed by atoms with Gasteiger partial charge in [-0.25, -0.2) is 9.37 Å². The molecule has 0 bridgehead atoms. The van der Waals surface area contributed by atoms with Gasteiger partial charge in [-0.05, 0) is 69.4 Å². The van der Waals surface area contributed by atoms with Crippen LogP contribution in [-0.2, 0) is 0 Å². The van der Waals surface area contributed by atoms with Gasteiger partial charge < -0.3 is 14.2 Å². The number of fused-ring (bicyclic) bond motifs is 1. The van der Waals surface area contributed by atoms with Gasteiger partial charge in [-0.15, -0.1) is 0 Å². The number of benzene rings is 1. The third-order valence-electron chi connectivity index (χ3n) is 6.64. The molecule has 1 aromatic carbocycles. The summed E-state index contributed by atoms with van der Waals surface area (Å²) in [5.41, 5.74) is 3.05. The van der Waals surface area contributed by atoms with Crippen LogP contribution in [0.4, 0.5) is 4.39 Å². The number of hydrogen-bond acceptors (Lipinski definition) is 4. The number of piperazine rings is 1. The van der Waals surface area contributed by atoms with Gasteiger partial charge in [-0.2, -0.15) is 0 Å². The van der Waals surface area contributed by atoms with Crippen LogP contribution in [0.5, 0.6) is 0 Å². The fourth-order valence-electron chi connectivity index (χ4n) is 4.71. The Hall–Kier alpha value is -2.77. The highest BCUT2D eigenvalue weighted by atomic mass is 19.1. The fraction of sp³-hybridized carbons (Fsp3) is 0.417. The summed E-state index contributed by atoms with van der Waals surface area (Å²) in [5.74, 6) is -0.196. The highest BCUT2D eigenvalue weighted by molar-refractivity contribution is 5.94. The van der Waals surface area contributed by atoms with E-state index >= 15 is 0 Å². The first-order chi connectivity index (χ1) is 15.1. The van der Waals surface area contributed by atoms with Crippen LogP contribution in [0, 0.1) is 5.82 Å². The maximum atomic E-state index is 13.2. The van der Waals surface area contributed by atoms with Gasteiger partial charge in [0.25, 0.3) is 5.91 Å². The van der Waals surface area contributed by atoms with Crippen molar-refractivity contribution < 1.29 is 9.18 Å². The average molecular weight is 422 g/mol. The van der Waals surface area contributed by atoms with Gasteiger partial charge >= 0.3 is 0 Å². The van der Waals surface area contributed by atoms with Gasteiger partial charge in [-0.3, -0.25) is 9.69 Å². The number of carbonyl (C=O) groups excluding carboxylic acids is 1. The van der Waals surface area contributed by atoms with Crippen molar-refractivity contribution in [3.8, 4) is 11.3 Å². The minimum Gasteiger partial charge on any atom is -0.336 e. The normalized spacial score (nSPS) is 19.2. The van der Waals surface area contributed by atoms with E-state index in [9.17, 15) is 9.18 Å². The molecule has 4 heterocycles. The highest BCUT2D eigenvalue weighted by Crippen LogP contribution is 2.21. The van der Waals surface area contributed by atoms with E-state index in [1.165, 1.54) is 25.0 Å². The summed E-state index contributed by atoms with van der Waals surface area (Å²) in [5, 5.41) is 0. The summed E-state index contributed by atoms with van der Waals surface area (Å²) >= 11 is 0. The molecule has 1 amide bonds. The van der Waals surface area contributed by atoms with Crippen molar-refractivity contribution in [3.05, 3.63) is 60.2 Å². The van der Waals surface area contributed by atoms with Crippen molar-refractivity contribution in [1.29, 1.82) is 0 Å². The number of imidazole rings is 1. The third-order valence-corrected chi connectivity index (χ3v) is 6.64. The smallest absolute Gasteiger partial charge is 0.255 e. The number of halogens is 1. The quantitative estimate of drug-likeness (QED) is 0.652. The van der Waals surface area contributed by atoms with Crippen LogP contribution in [-0.4, -0.2) is 82.3 Å². The molecule has 0 unspecified atom stereocenters. The largest absolute Gasteiger partial charge is 0.336 e. The second-order valence-electron chi connectivity index (χ2n) is 8.68. The summed E-state index contributed by atoms with van der Waals surface area (Å²) in [6.45, 7) is 5.76. The number of piperidine rings is 1. The average Bonchev–Trinajstić information content (AvgIpc) is 3.23. The molecule has 5 rings (SSSR count). The minimum atomic E-state index is -0.267. The van der Waals surface area contributed by atoms with Gasteiger partial charge in [0.05, 0.1) is 11.3 Å². The molecule has 0 aliphatic carbocycles. The first kappa shape index (κ1) is 20.2. The van der Waals surface area contributed by atoms with E-state index in [0.29, 0.717) is 11.6 Å². The van der Waals surface area contributed by atoms with Crippen molar-refractivity contribution >= 4 is 11.6 Å². The van der Waals surface area contributed by atoms with Crippen LogP contribution in [0.1, 0.15) is 23.2 Å². The van der Waals surface area contributed by atoms with Crippen LogP contribution in [0.3, 0.4) is 0 Å². The molecule has 2 fully saturated rings. The van der Waals surface area contributed by atoms with Crippen LogP contribution < -0.4 is 0 Å². The standard InChI is InChI=1S/C24H28FN5O/c1-27-10-8-21(9-11-27)28-12-14-29(15-13-28)24(31)19-4-7-23-26-22(17-30(23)16-19)18-2-5-20(25)6-3-18/h2-7,16-17,21H,8-15H2,1H3. The third kappa shape index (κ3) is 4.20. The second-order valence-corrected chi connectivity index (χ2v) is 8.68. The molecule has 6 nitrogen and oxygen atoms in total. The fourth-order valence-corrected chi connectivity index (χ4v) is 4.71. The molecule has 3 aromatic rings. The predicted octanol–water partition coefficient (Wildman–Crippen LogP) is 2.99. The van der Waals surface area contributed by atoms with E-state index in [2.05, 4.69) is 21.8 Å². The van der Waals surface area contributed by atoms with E-state index < -0.39 is 0 Å². The number of hydrogen-bond donors (Lipinski definition) is 0. The van der Waals surface area contributed by atoms with Gasteiger partial charge in [0, 0.05) is 50.2 Å². The van der Waals surface area contributed by atoms with Crippen molar-refractivity contribution in [2.24, 2.45) is 0 Å². The predicted molar refractivity (Wildman–Crippen MR) is 119 cm³/mol. The number of likely N-dealkylation sites (tertiary alicyclic amines) is 1. The lowest BCUT2D eigenvalue weighted by Crippen LogP contribution is -2.54. The minimum absolute atomic E-state index is 0.0713. The Morgan fingerprint density at radius 3 is 2.35 bits per heavy atom. The van der Waals surface area contributed by atoms with Crippen LogP contribution >= 0.6 is 0 Å². The van der Waals surface area contributed by atoms with Gasteiger partial charge in [-0.1, -0.05) is 0 Å². The van der Waals surface area contributed by atoms with Crippen molar-refractivity contribution in [2.45, 2.75) is 18.9 Å². The number of amides is 1. The number of pyridine rings is 1. The maximum absolute atomic E-state index is 13.2. The van der Waals surface area contributed by atoms with Crippen LogP contribution in [0.2, 0.25) is 0 Å². The summed E-state index contributed by atoms with van der Waals surface area (Å²) in [4.78, 5) is 24.6. The number of aromatic nitrogens is 2. The Labute approximate surface area is 181 Å². The Morgan fingerprint density at radius 1 is 0.935 bits per heavy atom. The lowest BCUT2D eigenvalue weighted by atomic mass is 10.0. The summed E-state index contributed by atoms with van der Waals surface area (Å²) < 4.78 is 15.1. The van der Waals surface area contributed by atoms with Crippen molar-refractivity contribution in [3.63, 3.8) is 0 Å². The zero-order valence-electron chi connectivity index (χ0n) is 17.9. The molecule has 2 aromatic heterocycles. The second kappa shape index (κ2) is 8.40. The van der Waals surface area contributed by atoms with E-state index in [0.717, 1.165) is 56.2 Å². The molecule has 162 valence electrons. The molecule has 2 aliphatic heterocycles. The number of carbonyl (C=O) groups is 1. The number of rotatable bonds is 3. The maximum Gasteiger partial charge on any atom is 0.255 e. The SMILES string of the molecule is CN1CCC(N2CCN(C(=O)c3ccc4nc(-c5ccc(F)cc5)cn4c3)CC2)CC1. The molecule has 31 heavy (non-hydrogen) atoms. The van der Waals surface area contributed by atoms with Crippen molar-refractivity contribution in [2.75, 3.05) is 46.3 Å². The first-order valence-electron chi connectivity index (χ1n) is 11.0. The molecule has 0 N–H and O–H groups in total. The molecular formula is C24H28FN5O. The van der Waals surface area contributed by atoms with Gasteiger partial charge in [0.2, 0.25) is 0 Å². The highest BCUT2D eigenvalue weighted by Gasteiger charge is 2.28. The first-order valence-corrected chi connectivity index (χ1v) is 11.0. The van der Waals surface area contributed by atoms with Gasteiger partial charge in [0.15, 0.2) is 0 Å². The van der Waals surface area contributed by atoms with E-state index in [4.69, 9.17) is 0 Å². The van der Waals surface area contributed by atoms with Gasteiger partial charge in [0.1, 0.15) is 11.5 Å². The zero-order valence-corrected chi connectivity index (χ0v) is 17.9. The summed E-state index contributed by atoms with van der Waals surface area (Å²) in [6.07, 6.45) is 6.18. The molecule has 0 atom stereocenters. The Morgan fingerprint density at radius 2 is 1.65 bits per heavy atom. The lowest BCUT2D eigenvalue weighted by Gasteiger charge is -2.42. The van der Waals surface area contributed by atoms with E-state index in [1.807, 2.05) is 33.8 Å². The Kier molecular flexibility index (Phi) is 5.46. The van der Waals surface area contributed by atoms with E-state index in [-0.39, 0.29) is 11.7 Å². The monoisotopic (exact) mass is 421 g/mol. The topological polar surface area (TPSA) is 44.1 Å². The summed E-state index contributed by atoms with van der Waals surface area (Å²) in [7, 11) is 2.19. The van der Waals surface area contributed by atoms with Crippen LogP contribution in [0.25, 0.3) is 16.9 Å². The molecular weight excluding hydrogens is 393 g/mol. The van der Waals surface area contributed by atoms with Crippen molar-refractivity contribution in [1.82, 2.24) is 24.1 Å². The molecule has 0 spiro atoms. The van der Waals surface area contributed by atoms with E-state index in [1.54, 1.807) is 12.1 Å². The molecule has 2 saturated heterocycles. The zero-order chi connectivity index (χ0) is 21.4. The molecule has 0 saturated carbocycles. The van der Waals surface area contributed by atoms with Crippen LogP contribution in [0.15, 0.2) is 48.8 Å². The lowest BCUT2D eigenvalue weighted by molar-refractivity contribution is 0.0474. The molecule has 7 heteroatoms.